The van der Waals surface area contributed by atoms with Crippen LogP contribution in [0.5, 0.6) is 11.5 Å². The summed E-state index contributed by atoms with van der Waals surface area (Å²) in [6.45, 7) is 0. The summed E-state index contributed by atoms with van der Waals surface area (Å²) in [6, 6.07) is 11.0. The van der Waals surface area contributed by atoms with Crippen molar-refractivity contribution >= 4 is 17.6 Å². The number of carbonyl (C=O) groups is 2. The topological polar surface area (TPSA) is 103 Å². The Bertz CT molecular complexity index is 894. The lowest BCUT2D eigenvalue weighted by atomic mass is 9.93. The molecule has 7 nitrogen and oxygen atoms in total. The lowest BCUT2D eigenvalue weighted by Gasteiger charge is -2.29. The van der Waals surface area contributed by atoms with Crippen molar-refractivity contribution in [2.45, 2.75) is 44.2 Å². The monoisotopic (exact) mass is 437 g/mol. The smallest absolute Gasteiger partial charge is 0.490 e. The number of halogens is 3. The molecule has 0 saturated heterocycles. The fourth-order valence-electron chi connectivity index (χ4n) is 3.31. The number of urea groups is 1. The maximum atomic E-state index is 12.2. The van der Waals surface area contributed by atoms with E-state index in [-0.39, 0.29) is 17.9 Å². The van der Waals surface area contributed by atoms with E-state index in [1.165, 1.54) is 12.1 Å². The van der Waals surface area contributed by atoms with Crippen molar-refractivity contribution < 1.29 is 32.2 Å². The Hall–Kier alpha value is -3.43. The molecule has 0 aliphatic heterocycles. The van der Waals surface area contributed by atoms with Crippen molar-refractivity contribution in [2.24, 2.45) is 5.73 Å². The number of benzene rings is 2. The van der Waals surface area contributed by atoms with Crippen LogP contribution in [0.1, 0.15) is 36.0 Å². The van der Waals surface area contributed by atoms with Crippen LogP contribution in [0.15, 0.2) is 48.5 Å². The number of amides is 3. The van der Waals surface area contributed by atoms with E-state index in [0.717, 1.165) is 37.8 Å². The molecule has 1 fully saturated rings. The van der Waals surface area contributed by atoms with Crippen molar-refractivity contribution in [3.63, 3.8) is 0 Å². The summed E-state index contributed by atoms with van der Waals surface area (Å²) in [5.74, 6) is -0.208. The number of primary amides is 1. The maximum Gasteiger partial charge on any atom is 0.573 e. The van der Waals surface area contributed by atoms with Gasteiger partial charge in [-0.1, -0.05) is 0 Å². The van der Waals surface area contributed by atoms with E-state index in [9.17, 15) is 22.8 Å². The van der Waals surface area contributed by atoms with Crippen LogP contribution < -0.4 is 25.8 Å². The zero-order chi connectivity index (χ0) is 22.4. The SMILES string of the molecule is NC(=O)c1ccc(OC2CCC(NC(=O)Nc3ccc(OC(F)(F)F)cc3)CC2)cc1. The third-order valence-corrected chi connectivity index (χ3v) is 4.80. The molecule has 10 heteroatoms. The molecular weight excluding hydrogens is 415 g/mol. The molecule has 0 spiro atoms. The fraction of sp³-hybridized carbons (Fsp3) is 0.333. The third-order valence-electron chi connectivity index (χ3n) is 4.80. The van der Waals surface area contributed by atoms with Gasteiger partial charge in [0.15, 0.2) is 0 Å². The van der Waals surface area contributed by atoms with Gasteiger partial charge in [0, 0.05) is 17.3 Å². The highest BCUT2D eigenvalue weighted by molar-refractivity contribution is 5.92. The minimum absolute atomic E-state index is 0.00159. The molecule has 31 heavy (non-hydrogen) atoms. The third kappa shape index (κ3) is 7.09. The zero-order valence-corrected chi connectivity index (χ0v) is 16.4. The zero-order valence-electron chi connectivity index (χ0n) is 16.4. The second kappa shape index (κ2) is 9.59. The van der Waals surface area contributed by atoms with Crippen molar-refractivity contribution in [3.05, 3.63) is 54.1 Å². The summed E-state index contributed by atoms with van der Waals surface area (Å²) >= 11 is 0. The number of ether oxygens (including phenoxy) is 2. The minimum atomic E-state index is -4.76. The predicted molar refractivity (Wildman–Crippen MR) is 107 cm³/mol. The van der Waals surface area contributed by atoms with Crippen LogP contribution in [0.2, 0.25) is 0 Å². The molecule has 4 N–H and O–H groups in total. The summed E-state index contributed by atoms with van der Waals surface area (Å²) in [6.07, 6.45) is -1.84. The van der Waals surface area contributed by atoms with Gasteiger partial charge in [0.25, 0.3) is 0 Å². The number of hydrogen-bond donors (Lipinski definition) is 3. The molecule has 1 aliphatic carbocycles. The first kappa shape index (κ1) is 22.3. The quantitative estimate of drug-likeness (QED) is 0.630. The van der Waals surface area contributed by atoms with Crippen LogP contribution in [-0.4, -0.2) is 30.4 Å². The Morgan fingerprint density at radius 1 is 0.903 bits per heavy atom. The summed E-state index contributed by atoms with van der Waals surface area (Å²) in [5, 5.41) is 5.45. The summed E-state index contributed by atoms with van der Waals surface area (Å²) in [4.78, 5) is 23.3. The normalized spacial score (nSPS) is 18.7. The highest BCUT2D eigenvalue weighted by Crippen LogP contribution is 2.25. The van der Waals surface area contributed by atoms with E-state index >= 15 is 0 Å². The van der Waals surface area contributed by atoms with Crippen LogP contribution in [0, 0.1) is 0 Å². The van der Waals surface area contributed by atoms with E-state index in [4.69, 9.17) is 10.5 Å². The van der Waals surface area contributed by atoms with Crippen LogP contribution in [-0.2, 0) is 0 Å². The second-order valence-corrected chi connectivity index (χ2v) is 7.15. The van der Waals surface area contributed by atoms with E-state index in [2.05, 4.69) is 15.4 Å². The van der Waals surface area contributed by atoms with Gasteiger partial charge in [-0.05, 0) is 74.2 Å². The van der Waals surface area contributed by atoms with Gasteiger partial charge in [0.1, 0.15) is 11.5 Å². The van der Waals surface area contributed by atoms with Gasteiger partial charge >= 0.3 is 12.4 Å². The first-order chi connectivity index (χ1) is 14.7. The second-order valence-electron chi connectivity index (χ2n) is 7.15. The maximum absolute atomic E-state index is 12.2. The van der Waals surface area contributed by atoms with E-state index < -0.39 is 18.3 Å². The lowest BCUT2D eigenvalue weighted by molar-refractivity contribution is -0.274. The number of nitrogens with two attached hydrogens (primary N) is 1. The van der Waals surface area contributed by atoms with E-state index in [1.54, 1.807) is 24.3 Å². The summed E-state index contributed by atoms with van der Waals surface area (Å²) < 4.78 is 46.2. The highest BCUT2D eigenvalue weighted by Gasteiger charge is 2.31. The number of carbonyl (C=O) groups excluding carboxylic acids is 2. The van der Waals surface area contributed by atoms with Gasteiger partial charge in [0.05, 0.1) is 6.10 Å². The number of nitrogens with one attached hydrogen (secondary N) is 2. The van der Waals surface area contributed by atoms with Gasteiger partial charge in [0.2, 0.25) is 5.91 Å². The van der Waals surface area contributed by atoms with Gasteiger partial charge < -0.3 is 25.8 Å². The molecule has 166 valence electrons. The Morgan fingerprint density at radius 2 is 1.48 bits per heavy atom. The molecule has 2 aromatic rings. The molecule has 3 rings (SSSR count). The molecule has 0 heterocycles. The van der Waals surface area contributed by atoms with Crippen LogP contribution in [0.4, 0.5) is 23.7 Å². The summed E-state index contributed by atoms with van der Waals surface area (Å²) in [7, 11) is 0. The van der Waals surface area contributed by atoms with Crippen molar-refractivity contribution in [1.29, 1.82) is 0 Å². The van der Waals surface area contributed by atoms with Gasteiger partial charge in [-0.15, -0.1) is 13.2 Å². The number of alkyl halides is 3. The average Bonchev–Trinajstić information content (AvgIpc) is 2.70. The molecule has 0 atom stereocenters. The summed E-state index contributed by atoms with van der Waals surface area (Å²) in [5.41, 5.74) is 5.98. The fourth-order valence-corrected chi connectivity index (χ4v) is 3.31. The van der Waals surface area contributed by atoms with Gasteiger partial charge in [-0.25, -0.2) is 4.79 Å². The lowest BCUT2D eigenvalue weighted by Crippen LogP contribution is -2.41. The number of anilines is 1. The Labute approximate surface area is 176 Å². The van der Waals surface area contributed by atoms with Gasteiger partial charge in [-0.3, -0.25) is 4.79 Å². The number of rotatable bonds is 6. The first-order valence-electron chi connectivity index (χ1n) is 9.68. The highest BCUT2D eigenvalue weighted by atomic mass is 19.4. The largest absolute Gasteiger partial charge is 0.573 e. The average molecular weight is 437 g/mol. The Kier molecular flexibility index (Phi) is 6.88. The van der Waals surface area contributed by atoms with Gasteiger partial charge in [-0.2, -0.15) is 0 Å². The molecular formula is C21H22F3N3O4. The van der Waals surface area contributed by atoms with Crippen LogP contribution >= 0.6 is 0 Å². The molecule has 0 radical (unpaired) electrons. The van der Waals surface area contributed by atoms with Crippen LogP contribution in [0.3, 0.4) is 0 Å². The van der Waals surface area contributed by atoms with E-state index in [1.807, 2.05) is 0 Å². The van der Waals surface area contributed by atoms with Crippen molar-refractivity contribution in [1.82, 2.24) is 5.32 Å². The molecule has 1 saturated carbocycles. The molecule has 2 aromatic carbocycles. The van der Waals surface area contributed by atoms with Crippen LogP contribution in [0.25, 0.3) is 0 Å². The van der Waals surface area contributed by atoms with Crippen molar-refractivity contribution in [2.75, 3.05) is 5.32 Å². The Morgan fingerprint density at radius 3 is 2.03 bits per heavy atom. The molecule has 1 aliphatic rings. The molecule has 3 amide bonds. The molecule has 0 bridgehead atoms. The van der Waals surface area contributed by atoms with E-state index in [0.29, 0.717) is 17.0 Å². The first-order valence-corrected chi connectivity index (χ1v) is 9.68. The minimum Gasteiger partial charge on any atom is -0.490 e. The Balaban J connectivity index is 1.41. The molecule has 0 unspecified atom stereocenters. The predicted octanol–water partition coefficient (Wildman–Crippen LogP) is 4.20. The molecule has 0 aromatic heterocycles. The standard InChI is InChI=1S/C21H22F3N3O4/c22-21(23,24)31-18-11-5-15(6-12-18)27-20(29)26-14-3-9-17(10-4-14)30-16-7-1-13(2-8-16)19(25)28/h1-2,5-8,11-12,14,17H,3-4,9-10H2,(H2,25,28)(H2,26,27,29). The van der Waals surface area contributed by atoms with Crippen molar-refractivity contribution in [3.8, 4) is 11.5 Å². The number of hydrogen-bond acceptors (Lipinski definition) is 4.